The molecule has 4 nitrogen and oxygen atoms in total. The van der Waals surface area contributed by atoms with Crippen LogP contribution in [0.4, 0.5) is 0 Å². The van der Waals surface area contributed by atoms with Crippen LogP contribution < -0.4 is 5.73 Å². The first-order chi connectivity index (χ1) is 4.29. The number of amides is 1. The van der Waals surface area contributed by atoms with Crippen molar-refractivity contribution in [2.24, 2.45) is 10.8 Å². The number of nitrogens with zero attached hydrogens (tertiary/aromatic N) is 2. The minimum absolute atomic E-state index is 0. The number of hydrazone groups is 1. The van der Waals surface area contributed by atoms with Gasteiger partial charge in [0.1, 0.15) is 6.54 Å². The molecule has 0 spiro atoms. The Labute approximate surface area is 69.2 Å². The molecule has 0 bridgehead atoms. The molecule has 6 heteroatoms. The highest BCUT2D eigenvalue weighted by Crippen LogP contribution is 2.07. The van der Waals surface area contributed by atoms with E-state index < -0.39 is 0 Å². The molecule has 0 aliphatic carbocycles. The lowest BCUT2D eigenvalue weighted by atomic mass is 10.6. The SMILES string of the molecule is Cl.NC(=O)CN1CSC=N1. The highest BCUT2D eigenvalue weighted by Gasteiger charge is 2.07. The fourth-order valence-corrected chi connectivity index (χ4v) is 1.12. The number of thioether (sulfide) groups is 1. The van der Waals surface area contributed by atoms with Crippen LogP contribution in [0.15, 0.2) is 5.10 Å². The molecule has 0 fully saturated rings. The summed E-state index contributed by atoms with van der Waals surface area (Å²) in [4.78, 5) is 10.3. The minimum atomic E-state index is -0.338. The Morgan fingerprint density at radius 3 is 3.00 bits per heavy atom. The van der Waals surface area contributed by atoms with Gasteiger partial charge in [0.05, 0.1) is 11.4 Å². The lowest BCUT2D eigenvalue weighted by Crippen LogP contribution is -2.27. The number of carbonyl (C=O) groups excluding carboxylic acids is 1. The first-order valence-electron chi connectivity index (χ1n) is 2.46. The summed E-state index contributed by atoms with van der Waals surface area (Å²) in [6.45, 7) is 0.226. The maximum absolute atomic E-state index is 10.3. The summed E-state index contributed by atoms with van der Waals surface area (Å²) in [6, 6.07) is 0. The van der Waals surface area contributed by atoms with Crippen molar-refractivity contribution in [3.05, 3.63) is 0 Å². The van der Waals surface area contributed by atoms with E-state index in [1.54, 1.807) is 22.3 Å². The van der Waals surface area contributed by atoms with Gasteiger partial charge in [0.2, 0.25) is 5.91 Å². The van der Waals surface area contributed by atoms with Gasteiger partial charge in [-0.3, -0.25) is 9.80 Å². The summed E-state index contributed by atoms with van der Waals surface area (Å²) < 4.78 is 0. The van der Waals surface area contributed by atoms with Crippen molar-refractivity contribution in [2.75, 3.05) is 12.4 Å². The third-order valence-corrected chi connectivity index (χ3v) is 1.54. The molecule has 1 amide bonds. The van der Waals surface area contributed by atoms with Gasteiger partial charge < -0.3 is 5.73 Å². The van der Waals surface area contributed by atoms with Gasteiger partial charge in [-0.1, -0.05) is 11.8 Å². The van der Waals surface area contributed by atoms with Crippen molar-refractivity contribution in [3.63, 3.8) is 0 Å². The molecule has 10 heavy (non-hydrogen) atoms. The molecule has 58 valence electrons. The molecule has 0 aromatic heterocycles. The van der Waals surface area contributed by atoms with Crippen molar-refractivity contribution >= 4 is 35.6 Å². The minimum Gasteiger partial charge on any atom is -0.368 e. The first kappa shape index (κ1) is 9.58. The van der Waals surface area contributed by atoms with Crippen molar-refractivity contribution in [3.8, 4) is 0 Å². The van der Waals surface area contributed by atoms with Crippen LogP contribution in [0.1, 0.15) is 0 Å². The first-order valence-corrected chi connectivity index (χ1v) is 3.51. The Hall–Kier alpha value is -0.420. The summed E-state index contributed by atoms with van der Waals surface area (Å²) >= 11 is 1.55. The van der Waals surface area contributed by atoms with E-state index in [-0.39, 0.29) is 24.9 Å². The zero-order valence-corrected chi connectivity index (χ0v) is 6.82. The molecule has 1 heterocycles. The van der Waals surface area contributed by atoms with E-state index in [1.807, 2.05) is 0 Å². The fourth-order valence-electron chi connectivity index (χ4n) is 0.519. The second-order valence-corrected chi connectivity index (χ2v) is 2.45. The van der Waals surface area contributed by atoms with Crippen LogP contribution in [-0.2, 0) is 4.79 Å². The van der Waals surface area contributed by atoms with Crippen LogP contribution in [0.25, 0.3) is 0 Å². The highest BCUT2D eigenvalue weighted by molar-refractivity contribution is 8.12. The maximum atomic E-state index is 10.3. The van der Waals surface area contributed by atoms with Crippen molar-refractivity contribution < 1.29 is 4.79 Å². The van der Waals surface area contributed by atoms with E-state index in [0.717, 1.165) is 5.88 Å². The molecular formula is C4H8ClN3OS. The van der Waals surface area contributed by atoms with Crippen LogP contribution in [0.3, 0.4) is 0 Å². The molecule has 0 saturated heterocycles. The summed E-state index contributed by atoms with van der Waals surface area (Å²) in [6.07, 6.45) is 0. The second kappa shape index (κ2) is 4.40. The standard InChI is InChI=1S/C4H7N3OS.ClH/c5-4(8)1-7-3-9-2-6-7;/h2H,1,3H2,(H2,5,8);1H. The number of nitrogens with two attached hydrogens (primary N) is 1. The van der Waals surface area contributed by atoms with Crippen LogP contribution in [0.5, 0.6) is 0 Å². The molecule has 0 radical (unpaired) electrons. The predicted octanol–water partition coefficient (Wildman–Crippen LogP) is -0.157. The summed E-state index contributed by atoms with van der Waals surface area (Å²) in [7, 11) is 0. The summed E-state index contributed by atoms with van der Waals surface area (Å²) in [5, 5.41) is 5.46. The normalized spacial score (nSPS) is 15.0. The molecule has 0 atom stereocenters. The molecular weight excluding hydrogens is 174 g/mol. The molecule has 1 aliphatic rings. The average Bonchev–Trinajstić information content (AvgIpc) is 2.15. The Bertz CT molecular complexity index is 151. The average molecular weight is 182 g/mol. The molecule has 2 N–H and O–H groups in total. The molecule has 1 rings (SSSR count). The number of primary amides is 1. The zero-order valence-electron chi connectivity index (χ0n) is 5.19. The Balaban J connectivity index is 0.000000810. The number of hydrogen-bond acceptors (Lipinski definition) is 4. The summed E-state index contributed by atoms with van der Waals surface area (Å²) in [5.74, 6) is 0.401. The molecule has 0 saturated carbocycles. The zero-order chi connectivity index (χ0) is 6.69. The topological polar surface area (TPSA) is 58.7 Å². The van der Waals surface area contributed by atoms with Gasteiger partial charge >= 0.3 is 0 Å². The van der Waals surface area contributed by atoms with E-state index >= 15 is 0 Å². The second-order valence-electron chi connectivity index (χ2n) is 1.65. The Kier molecular flexibility index (Phi) is 4.22. The predicted molar refractivity (Wildman–Crippen MR) is 44.1 cm³/mol. The summed E-state index contributed by atoms with van der Waals surface area (Å²) in [5.41, 5.74) is 6.61. The smallest absolute Gasteiger partial charge is 0.238 e. The Morgan fingerprint density at radius 2 is 2.60 bits per heavy atom. The van der Waals surface area contributed by atoms with E-state index in [9.17, 15) is 4.79 Å². The van der Waals surface area contributed by atoms with Crippen molar-refractivity contribution in [2.45, 2.75) is 0 Å². The Morgan fingerprint density at radius 1 is 1.90 bits per heavy atom. The van der Waals surface area contributed by atoms with E-state index in [4.69, 9.17) is 5.73 Å². The van der Waals surface area contributed by atoms with Gasteiger partial charge in [0.25, 0.3) is 0 Å². The molecule has 1 aliphatic heterocycles. The van der Waals surface area contributed by atoms with Gasteiger partial charge in [0.15, 0.2) is 0 Å². The number of halogens is 1. The van der Waals surface area contributed by atoms with Gasteiger partial charge in [0, 0.05) is 0 Å². The van der Waals surface area contributed by atoms with E-state index in [0.29, 0.717) is 0 Å². The van der Waals surface area contributed by atoms with Gasteiger partial charge in [-0.05, 0) is 0 Å². The molecule has 0 unspecified atom stereocenters. The van der Waals surface area contributed by atoms with Crippen LogP contribution in [0, 0.1) is 0 Å². The van der Waals surface area contributed by atoms with Crippen LogP contribution in [0.2, 0.25) is 0 Å². The van der Waals surface area contributed by atoms with Crippen molar-refractivity contribution in [1.82, 2.24) is 5.01 Å². The third kappa shape index (κ3) is 2.93. The number of carbonyl (C=O) groups is 1. The third-order valence-electron chi connectivity index (χ3n) is 0.847. The van der Waals surface area contributed by atoms with Gasteiger partial charge in [-0.2, -0.15) is 5.10 Å². The quantitative estimate of drug-likeness (QED) is 0.644. The van der Waals surface area contributed by atoms with Gasteiger partial charge in [-0.25, -0.2) is 0 Å². The number of hydrogen-bond donors (Lipinski definition) is 1. The largest absolute Gasteiger partial charge is 0.368 e. The highest BCUT2D eigenvalue weighted by atomic mass is 35.5. The van der Waals surface area contributed by atoms with Crippen LogP contribution in [-0.4, -0.2) is 28.9 Å². The molecule has 0 aromatic carbocycles. The fraction of sp³-hybridized carbons (Fsp3) is 0.500. The van der Waals surface area contributed by atoms with Gasteiger partial charge in [-0.15, -0.1) is 12.4 Å². The van der Waals surface area contributed by atoms with E-state index in [2.05, 4.69) is 5.10 Å². The number of rotatable bonds is 2. The monoisotopic (exact) mass is 181 g/mol. The van der Waals surface area contributed by atoms with Crippen LogP contribution >= 0.6 is 24.2 Å². The lowest BCUT2D eigenvalue weighted by Gasteiger charge is -2.07. The maximum Gasteiger partial charge on any atom is 0.238 e. The van der Waals surface area contributed by atoms with Crippen molar-refractivity contribution in [1.29, 1.82) is 0 Å². The lowest BCUT2D eigenvalue weighted by molar-refractivity contribution is -0.118. The molecule has 0 aromatic rings. The van der Waals surface area contributed by atoms with E-state index in [1.165, 1.54) is 0 Å².